The van der Waals surface area contributed by atoms with Crippen molar-refractivity contribution in [2.75, 3.05) is 24.3 Å². The molecule has 122 valence electrons. The maximum absolute atomic E-state index is 12.5. The van der Waals surface area contributed by atoms with Gasteiger partial charge in [-0.2, -0.15) is 0 Å². The highest BCUT2D eigenvalue weighted by Crippen LogP contribution is 2.31. The Bertz CT molecular complexity index is 574. The maximum Gasteiger partial charge on any atom is 0.413 e. The van der Waals surface area contributed by atoms with Crippen LogP contribution in [0.1, 0.15) is 31.3 Å². The molecule has 6 nitrogen and oxygen atoms in total. The van der Waals surface area contributed by atoms with Crippen LogP contribution in [0.3, 0.4) is 0 Å². The van der Waals surface area contributed by atoms with E-state index in [1.807, 2.05) is 13.8 Å². The number of hydrogen-bond donors (Lipinski definition) is 1. The molecule has 1 aliphatic heterocycles. The van der Waals surface area contributed by atoms with E-state index in [0.29, 0.717) is 31.2 Å². The standard InChI is InChI=1S/C14H20ClN3O3S/c1-4-21-13(20)17-12-16-9-5-6-18(7-10(9)22-12)11(19)14(2,3)8-15/h4-8H2,1-3H3,(H,16,17,20). The van der Waals surface area contributed by atoms with Crippen LogP contribution in [-0.2, 0) is 22.5 Å². The van der Waals surface area contributed by atoms with Crippen LogP contribution < -0.4 is 5.32 Å². The molecule has 1 aromatic rings. The van der Waals surface area contributed by atoms with Crippen molar-refractivity contribution >= 4 is 40.1 Å². The molecule has 0 fully saturated rings. The summed E-state index contributed by atoms with van der Waals surface area (Å²) >= 11 is 7.26. The van der Waals surface area contributed by atoms with Gasteiger partial charge < -0.3 is 9.64 Å². The van der Waals surface area contributed by atoms with Gasteiger partial charge in [0, 0.05) is 23.7 Å². The van der Waals surface area contributed by atoms with Crippen LogP contribution in [0.2, 0.25) is 0 Å². The largest absolute Gasteiger partial charge is 0.450 e. The Balaban J connectivity index is 2.06. The smallest absolute Gasteiger partial charge is 0.413 e. The molecule has 0 aliphatic carbocycles. The molecule has 0 radical (unpaired) electrons. The normalized spacial score (nSPS) is 14.5. The summed E-state index contributed by atoms with van der Waals surface area (Å²) < 4.78 is 4.83. The summed E-state index contributed by atoms with van der Waals surface area (Å²) in [6, 6.07) is 0. The van der Waals surface area contributed by atoms with Gasteiger partial charge >= 0.3 is 6.09 Å². The van der Waals surface area contributed by atoms with E-state index < -0.39 is 11.5 Å². The summed E-state index contributed by atoms with van der Waals surface area (Å²) in [7, 11) is 0. The quantitative estimate of drug-likeness (QED) is 0.852. The van der Waals surface area contributed by atoms with Gasteiger partial charge in [0.25, 0.3) is 0 Å². The molecule has 2 amide bonds. The Morgan fingerprint density at radius 1 is 1.50 bits per heavy atom. The number of thiazole rings is 1. The van der Waals surface area contributed by atoms with Gasteiger partial charge in [0.2, 0.25) is 5.91 Å². The van der Waals surface area contributed by atoms with Crippen LogP contribution in [0, 0.1) is 5.41 Å². The first-order valence-electron chi connectivity index (χ1n) is 7.15. The number of ether oxygens (including phenoxy) is 1. The van der Waals surface area contributed by atoms with Crippen LogP contribution in [0.25, 0.3) is 0 Å². The zero-order valence-corrected chi connectivity index (χ0v) is 14.5. The van der Waals surface area contributed by atoms with Crippen molar-refractivity contribution in [1.82, 2.24) is 9.88 Å². The Morgan fingerprint density at radius 2 is 2.23 bits per heavy atom. The monoisotopic (exact) mass is 345 g/mol. The average molecular weight is 346 g/mol. The van der Waals surface area contributed by atoms with Gasteiger partial charge in [0.15, 0.2) is 5.13 Å². The minimum Gasteiger partial charge on any atom is -0.450 e. The van der Waals surface area contributed by atoms with Crippen LogP contribution in [0.5, 0.6) is 0 Å². The zero-order chi connectivity index (χ0) is 16.3. The molecule has 0 aromatic carbocycles. The van der Waals surface area contributed by atoms with E-state index in [4.69, 9.17) is 16.3 Å². The summed E-state index contributed by atoms with van der Waals surface area (Å²) in [5, 5.41) is 3.12. The molecule has 2 rings (SSSR count). The molecular formula is C14H20ClN3O3S. The molecule has 1 aliphatic rings. The number of hydrogen-bond acceptors (Lipinski definition) is 5. The highest BCUT2D eigenvalue weighted by molar-refractivity contribution is 7.15. The van der Waals surface area contributed by atoms with E-state index in [1.165, 1.54) is 11.3 Å². The summed E-state index contributed by atoms with van der Waals surface area (Å²) in [4.78, 5) is 31.1. The molecule has 0 saturated carbocycles. The number of anilines is 1. The van der Waals surface area contributed by atoms with Gasteiger partial charge in [-0.25, -0.2) is 9.78 Å². The number of halogens is 1. The number of fused-ring (bicyclic) bond motifs is 1. The van der Waals surface area contributed by atoms with Gasteiger partial charge in [-0.05, 0) is 20.8 Å². The Kier molecular flexibility index (Phi) is 5.28. The fourth-order valence-electron chi connectivity index (χ4n) is 2.16. The van der Waals surface area contributed by atoms with Crippen LogP contribution in [0.15, 0.2) is 0 Å². The second kappa shape index (κ2) is 6.83. The van der Waals surface area contributed by atoms with Crippen molar-refractivity contribution in [3.8, 4) is 0 Å². The molecule has 0 atom stereocenters. The lowest BCUT2D eigenvalue weighted by Crippen LogP contribution is -2.44. The molecule has 1 N–H and O–H groups in total. The first-order valence-corrected chi connectivity index (χ1v) is 8.50. The second-order valence-corrected chi connectivity index (χ2v) is 7.08. The fourth-order valence-corrected chi connectivity index (χ4v) is 3.29. The summed E-state index contributed by atoms with van der Waals surface area (Å²) in [6.07, 6.45) is 0.172. The van der Waals surface area contributed by atoms with E-state index in [-0.39, 0.29) is 11.8 Å². The number of nitrogens with zero attached hydrogens (tertiary/aromatic N) is 2. The Hall–Kier alpha value is -1.34. The lowest BCUT2D eigenvalue weighted by Gasteiger charge is -2.32. The maximum atomic E-state index is 12.5. The minimum atomic E-state index is -0.574. The molecule has 8 heteroatoms. The number of alkyl halides is 1. The molecule has 0 unspecified atom stereocenters. The van der Waals surface area contributed by atoms with E-state index in [1.54, 1.807) is 11.8 Å². The van der Waals surface area contributed by atoms with E-state index >= 15 is 0 Å². The minimum absolute atomic E-state index is 0.0430. The summed E-state index contributed by atoms with van der Waals surface area (Å²) in [6.45, 7) is 6.88. The third-order valence-corrected chi connectivity index (χ3v) is 5.08. The molecule has 2 heterocycles. The fraction of sp³-hybridized carbons (Fsp3) is 0.643. The van der Waals surface area contributed by atoms with Crippen molar-refractivity contribution in [2.24, 2.45) is 5.41 Å². The van der Waals surface area contributed by atoms with Gasteiger partial charge in [0.05, 0.1) is 24.3 Å². The number of nitrogens with one attached hydrogen (secondary N) is 1. The second-order valence-electron chi connectivity index (χ2n) is 5.73. The summed E-state index contributed by atoms with van der Waals surface area (Å²) in [5.41, 5.74) is 0.361. The van der Waals surface area contributed by atoms with E-state index in [9.17, 15) is 9.59 Å². The number of carbonyl (C=O) groups excluding carboxylic acids is 2. The lowest BCUT2D eigenvalue weighted by molar-refractivity contribution is -0.140. The predicted molar refractivity (Wildman–Crippen MR) is 86.4 cm³/mol. The number of rotatable bonds is 4. The number of aromatic nitrogens is 1. The lowest BCUT2D eigenvalue weighted by atomic mass is 9.93. The van der Waals surface area contributed by atoms with Crippen molar-refractivity contribution in [3.63, 3.8) is 0 Å². The van der Waals surface area contributed by atoms with E-state index in [2.05, 4.69) is 10.3 Å². The highest BCUT2D eigenvalue weighted by Gasteiger charge is 2.34. The third kappa shape index (κ3) is 3.70. The highest BCUT2D eigenvalue weighted by atomic mass is 35.5. The van der Waals surface area contributed by atoms with Gasteiger partial charge in [-0.1, -0.05) is 11.3 Å². The predicted octanol–water partition coefficient (Wildman–Crippen LogP) is 2.86. The molecule has 1 aromatic heterocycles. The molecular weight excluding hydrogens is 326 g/mol. The Morgan fingerprint density at radius 3 is 2.86 bits per heavy atom. The number of carbonyl (C=O) groups is 2. The number of amides is 2. The van der Waals surface area contributed by atoms with Crippen LogP contribution in [0.4, 0.5) is 9.93 Å². The van der Waals surface area contributed by atoms with Crippen LogP contribution in [-0.4, -0.2) is 40.9 Å². The molecule has 0 saturated heterocycles. The average Bonchev–Trinajstić information content (AvgIpc) is 2.87. The SMILES string of the molecule is CCOC(=O)Nc1nc2c(s1)CN(C(=O)C(C)(C)CCl)CC2. The van der Waals surface area contributed by atoms with Gasteiger partial charge in [-0.15, -0.1) is 11.6 Å². The third-order valence-electron chi connectivity index (χ3n) is 3.42. The van der Waals surface area contributed by atoms with Crippen molar-refractivity contribution < 1.29 is 14.3 Å². The Labute approximate surface area is 138 Å². The van der Waals surface area contributed by atoms with Crippen molar-refractivity contribution in [1.29, 1.82) is 0 Å². The van der Waals surface area contributed by atoms with Gasteiger partial charge in [0.1, 0.15) is 0 Å². The summed E-state index contributed by atoms with van der Waals surface area (Å²) in [5.74, 6) is 0.328. The van der Waals surface area contributed by atoms with Gasteiger partial charge in [-0.3, -0.25) is 10.1 Å². The molecule has 22 heavy (non-hydrogen) atoms. The van der Waals surface area contributed by atoms with Crippen LogP contribution >= 0.6 is 22.9 Å². The molecule has 0 spiro atoms. The van der Waals surface area contributed by atoms with E-state index in [0.717, 1.165) is 10.6 Å². The topological polar surface area (TPSA) is 71.5 Å². The first-order chi connectivity index (χ1) is 10.4. The van der Waals surface area contributed by atoms with Crippen molar-refractivity contribution in [2.45, 2.75) is 33.7 Å². The zero-order valence-electron chi connectivity index (χ0n) is 12.9. The first kappa shape index (κ1) is 17.0. The molecule has 0 bridgehead atoms. The van der Waals surface area contributed by atoms with Crippen molar-refractivity contribution in [3.05, 3.63) is 10.6 Å².